The van der Waals surface area contributed by atoms with Gasteiger partial charge in [0.15, 0.2) is 6.10 Å². The summed E-state index contributed by atoms with van der Waals surface area (Å²) in [7, 11) is 0. The normalized spacial score (nSPS) is 30.3. The van der Waals surface area contributed by atoms with Crippen LogP contribution in [0.15, 0.2) is 11.1 Å². The molecular formula is C50H82O9. The van der Waals surface area contributed by atoms with Crippen LogP contribution in [0.2, 0.25) is 0 Å². The molecule has 0 aromatic carbocycles. The van der Waals surface area contributed by atoms with Crippen molar-refractivity contribution in [1.29, 1.82) is 0 Å². The van der Waals surface area contributed by atoms with Gasteiger partial charge in [-0.25, -0.2) is 0 Å². The van der Waals surface area contributed by atoms with Crippen LogP contribution in [0.5, 0.6) is 0 Å². The number of Topliss-reactive ketones (excluding diaryl/α,β-unsaturated/α-hetero) is 1. The number of fused-ring (bicyclic) bond motifs is 5. The molecule has 4 aliphatic rings. The van der Waals surface area contributed by atoms with E-state index in [0.717, 1.165) is 64.2 Å². The first-order valence-electron chi connectivity index (χ1n) is 23.7. The van der Waals surface area contributed by atoms with E-state index in [0.29, 0.717) is 50.7 Å². The van der Waals surface area contributed by atoms with Gasteiger partial charge in [0.1, 0.15) is 23.6 Å². The van der Waals surface area contributed by atoms with Crippen molar-refractivity contribution in [2.24, 2.45) is 39.4 Å². The predicted octanol–water partition coefficient (Wildman–Crippen LogP) is 11.8. The Morgan fingerprint density at radius 1 is 0.729 bits per heavy atom. The maximum Gasteiger partial charge on any atom is 0.306 e. The van der Waals surface area contributed by atoms with Gasteiger partial charge in [0.25, 0.3) is 0 Å². The number of esters is 4. The molecule has 336 valence electrons. The molecule has 0 bridgehead atoms. The average molecular weight is 827 g/mol. The van der Waals surface area contributed by atoms with Crippen LogP contribution < -0.4 is 0 Å². The SMILES string of the molecule is CCCCC(=O)O[C@@H](C[C@@H](C)C1=C2C[C@H](OC(=O)CCCC)[C@H]3[C@@]4(C)CCC(=O)C(C)(C)[C@@H]4CC[C@]3(C)[C@@]2(C)CC1)[C@@H](OC(=O)CCCC)C(C)(C)OC(=O)CCCC. The summed E-state index contributed by atoms with van der Waals surface area (Å²) in [5, 5.41) is 0. The largest absolute Gasteiger partial charge is 0.462 e. The van der Waals surface area contributed by atoms with Crippen LogP contribution >= 0.6 is 0 Å². The molecule has 3 saturated carbocycles. The van der Waals surface area contributed by atoms with Gasteiger partial charge >= 0.3 is 23.9 Å². The van der Waals surface area contributed by atoms with Gasteiger partial charge < -0.3 is 18.9 Å². The van der Waals surface area contributed by atoms with Gasteiger partial charge in [-0.1, -0.05) is 106 Å². The zero-order valence-electron chi connectivity index (χ0n) is 39.3. The van der Waals surface area contributed by atoms with E-state index >= 15 is 0 Å². The zero-order valence-corrected chi connectivity index (χ0v) is 39.3. The van der Waals surface area contributed by atoms with E-state index in [1.165, 1.54) is 11.1 Å². The number of ketones is 1. The van der Waals surface area contributed by atoms with Gasteiger partial charge in [0.05, 0.1) is 0 Å². The highest BCUT2D eigenvalue weighted by atomic mass is 16.6. The summed E-state index contributed by atoms with van der Waals surface area (Å²) in [6.07, 6.45) is 11.2. The lowest BCUT2D eigenvalue weighted by atomic mass is 9.36. The fourth-order valence-corrected chi connectivity index (χ4v) is 12.5. The number of carbonyl (C=O) groups is 5. The monoisotopic (exact) mass is 827 g/mol. The lowest BCUT2D eigenvalue weighted by Gasteiger charge is -2.69. The number of hydrogen-bond acceptors (Lipinski definition) is 9. The topological polar surface area (TPSA) is 122 Å². The number of rotatable bonds is 21. The maximum atomic E-state index is 13.6. The van der Waals surface area contributed by atoms with E-state index in [1.54, 1.807) is 13.8 Å². The second kappa shape index (κ2) is 20.0. The molecule has 0 amide bonds. The molecule has 0 spiro atoms. The third-order valence-corrected chi connectivity index (χ3v) is 16.0. The molecule has 0 saturated heterocycles. The Balaban J connectivity index is 1.80. The minimum Gasteiger partial charge on any atom is -0.462 e. The van der Waals surface area contributed by atoms with Crippen molar-refractivity contribution in [2.45, 2.75) is 235 Å². The van der Waals surface area contributed by atoms with Crippen LogP contribution in [-0.4, -0.2) is 53.6 Å². The van der Waals surface area contributed by atoms with Crippen LogP contribution in [0.3, 0.4) is 0 Å². The van der Waals surface area contributed by atoms with Crippen molar-refractivity contribution < 1.29 is 42.9 Å². The van der Waals surface area contributed by atoms with E-state index in [4.69, 9.17) is 18.9 Å². The van der Waals surface area contributed by atoms with Crippen molar-refractivity contribution in [3.05, 3.63) is 11.1 Å². The minimum absolute atomic E-state index is 0.0750. The first-order chi connectivity index (χ1) is 27.7. The Morgan fingerprint density at radius 3 is 1.85 bits per heavy atom. The maximum absolute atomic E-state index is 13.6. The second-order valence-corrected chi connectivity index (χ2v) is 20.8. The number of carbonyl (C=O) groups excluding carboxylic acids is 5. The van der Waals surface area contributed by atoms with E-state index in [-0.39, 0.29) is 77.3 Å². The molecule has 4 aliphatic carbocycles. The van der Waals surface area contributed by atoms with Crippen LogP contribution in [0.25, 0.3) is 0 Å². The highest BCUT2D eigenvalue weighted by molar-refractivity contribution is 5.85. The first-order valence-corrected chi connectivity index (χ1v) is 23.7. The van der Waals surface area contributed by atoms with E-state index in [9.17, 15) is 24.0 Å². The molecule has 0 radical (unpaired) electrons. The van der Waals surface area contributed by atoms with Crippen LogP contribution in [0.1, 0.15) is 212 Å². The molecule has 0 aromatic heterocycles. The molecule has 3 fully saturated rings. The van der Waals surface area contributed by atoms with Gasteiger partial charge in [0, 0.05) is 49.9 Å². The number of allylic oxidation sites excluding steroid dienone is 1. The molecule has 0 aliphatic heterocycles. The van der Waals surface area contributed by atoms with Gasteiger partial charge in [-0.2, -0.15) is 0 Å². The summed E-state index contributed by atoms with van der Waals surface area (Å²) in [4.78, 5) is 67.2. The standard InChI is InChI=1S/C50H82O9/c1-13-17-21-40(52)56-36-32-35-34(25-29-49(35,11)50(12)30-26-38-46(6,7)39(51)27-28-48(38,10)44(36)50)33(5)31-37(57-41(53)22-18-14-2)45(58-42(54)23-19-15-3)47(8,9)59-43(55)24-20-16-4/h33,36-38,44-45H,13-32H2,1-12H3/t33-,36+,37+,38+,44+,45-,48+,49+,50+/m1/s1. The van der Waals surface area contributed by atoms with Gasteiger partial charge in [-0.3, -0.25) is 24.0 Å². The molecule has 4 rings (SSSR count). The lowest BCUT2D eigenvalue weighted by Crippen LogP contribution is -2.66. The Morgan fingerprint density at radius 2 is 1.27 bits per heavy atom. The summed E-state index contributed by atoms with van der Waals surface area (Å²) < 4.78 is 25.4. The Labute approximate surface area is 357 Å². The Hall–Kier alpha value is -2.71. The first kappa shape index (κ1) is 49.0. The number of ether oxygens (including phenoxy) is 4. The van der Waals surface area contributed by atoms with Crippen LogP contribution in [0.4, 0.5) is 0 Å². The van der Waals surface area contributed by atoms with E-state index < -0.39 is 29.2 Å². The van der Waals surface area contributed by atoms with Crippen LogP contribution in [0, 0.1) is 39.4 Å². The van der Waals surface area contributed by atoms with Gasteiger partial charge in [-0.05, 0) is 106 Å². The molecule has 9 heteroatoms. The fraction of sp³-hybridized carbons (Fsp3) is 0.860. The molecule has 9 atom stereocenters. The van der Waals surface area contributed by atoms with E-state index in [2.05, 4.69) is 48.5 Å². The summed E-state index contributed by atoms with van der Waals surface area (Å²) in [6, 6.07) is 0. The van der Waals surface area contributed by atoms with Crippen molar-refractivity contribution in [3.8, 4) is 0 Å². The predicted molar refractivity (Wildman–Crippen MR) is 231 cm³/mol. The van der Waals surface area contributed by atoms with E-state index in [1.807, 2.05) is 20.8 Å². The fourth-order valence-electron chi connectivity index (χ4n) is 12.5. The molecule has 0 unspecified atom stereocenters. The minimum atomic E-state index is -1.27. The van der Waals surface area contributed by atoms with Crippen molar-refractivity contribution >= 4 is 29.7 Å². The second-order valence-electron chi connectivity index (χ2n) is 20.8. The van der Waals surface area contributed by atoms with Gasteiger partial charge in [0.2, 0.25) is 0 Å². The average Bonchev–Trinajstić information content (AvgIpc) is 3.52. The number of unbranched alkanes of at least 4 members (excludes halogenated alkanes) is 4. The molecule has 0 heterocycles. The molecule has 0 N–H and O–H groups in total. The molecule has 59 heavy (non-hydrogen) atoms. The Bertz CT molecular complexity index is 1540. The van der Waals surface area contributed by atoms with Crippen molar-refractivity contribution in [1.82, 2.24) is 0 Å². The Kier molecular flexibility index (Phi) is 16.6. The third kappa shape index (κ3) is 10.3. The van der Waals surface area contributed by atoms with Gasteiger partial charge in [-0.15, -0.1) is 0 Å². The van der Waals surface area contributed by atoms with Crippen LogP contribution in [-0.2, 0) is 42.9 Å². The molecule has 0 aromatic rings. The quantitative estimate of drug-likeness (QED) is 0.0632. The summed E-state index contributed by atoms with van der Waals surface area (Å²) >= 11 is 0. The molecule has 9 nitrogen and oxygen atoms in total. The highest BCUT2D eigenvalue weighted by Crippen LogP contribution is 2.74. The lowest BCUT2D eigenvalue weighted by molar-refractivity contribution is -0.218. The third-order valence-electron chi connectivity index (χ3n) is 16.0. The summed E-state index contributed by atoms with van der Waals surface area (Å²) in [5.41, 5.74) is 0.431. The smallest absolute Gasteiger partial charge is 0.306 e. The zero-order chi connectivity index (χ0) is 44.0. The highest BCUT2D eigenvalue weighted by Gasteiger charge is 2.70. The van der Waals surface area contributed by atoms with Crippen molar-refractivity contribution in [2.75, 3.05) is 0 Å². The molecular weight excluding hydrogens is 745 g/mol. The summed E-state index contributed by atoms with van der Waals surface area (Å²) in [5.74, 6) is -0.695. The number of hydrogen-bond donors (Lipinski definition) is 0. The van der Waals surface area contributed by atoms with Crippen molar-refractivity contribution in [3.63, 3.8) is 0 Å². The summed E-state index contributed by atoms with van der Waals surface area (Å²) in [6.45, 7) is 25.4.